The van der Waals surface area contributed by atoms with Gasteiger partial charge < -0.3 is 14.7 Å². The molecule has 1 aromatic carbocycles. The van der Waals surface area contributed by atoms with Crippen LogP contribution in [0, 0.1) is 0 Å². The van der Waals surface area contributed by atoms with Crippen LogP contribution in [0.25, 0.3) is 0 Å². The monoisotopic (exact) mass is 309 g/mol. The minimum atomic E-state index is -1.07. The second-order valence-corrected chi connectivity index (χ2v) is 4.55. The molecule has 0 aromatic heterocycles. The van der Waals surface area contributed by atoms with Crippen LogP contribution in [-0.2, 0) is 0 Å². The number of carbonyl (C=O) groups is 2. The number of carbonyl (C=O) groups excluding carboxylic acids is 1. The Hall–Kier alpha value is -2.04. The molecule has 5 heteroatoms. The van der Waals surface area contributed by atoms with Crippen molar-refractivity contribution in [2.45, 2.75) is 40.5 Å². The third kappa shape index (κ3) is 5.76. The molecule has 22 heavy (non-hydrogen) atoms. The number of aromatic carboxylic acids is 1. The highest BCUT2D eigenvalue weighted by atomic mass is 16.5. The quantitative estimate of drug-likeness (QED) is 0.834. The molecule has 0 fully saturated rings. The van der Waals surface area contributed by atoms with Gasteiger partial charge in [0.15, 0.2) is 0 Å². The predicted molar refractivity (Wildman–Crippen MR) is 87.8 cm³/mol. The smallest absolute Gasteiger partial charge is 0.335 e. The van der Waals surface area contributed by atoms with Crippen LogP contribution < -0.4 is 4.74 Å². The van der Waals surface area contributed by atoms with Crippen LogP contribution in [0.2, 0.25) is 0 Å². The highest BCUT2D eigenvalue weighted by Gasteiger charge is 2.17. The summed E-state index contributed by atoms with van der Waals surface area (Å²) >= 11 is 0. The summed E-state index contributed by atoms with van der Waals surface area (Å²) in [7, 11) is 1.45. The zero-order valence-electron chi connectivity index (χ0n) is 14.2. The van der Waals surface area contributed by atoms with Gasteiger partial charge in [0.25, 0.3) is 5.91 Å². The maximum atomic E-state index is 12.4. The highest BCUT2D eigenvalue weighted by Crippen LogP contribution is 2.19. The van der Waals surface area contributed by atoms with Crippen molar-refractivity contribution in [3.8, 4) is 5.75 Å². The average Bonchev–Trinajstić information content (AvgIpc) is 2.55. The summed E-state index contributed by atoms with van der Waals surface area (Å²) in [5.74, 6) is -0.855. The fraction of sp³-hybridized carbons (Fsp3) is 0.529. The molecule has 0 radical (unpaired) electrons. The maximum absolute atomic E-state index is 12.4. The van der Waals surface area contributed by atoms with Crippen LogP contribution in [0.1, 0.15) is 61.3 Å². The number of hydrogen-bond donors (Lipinski definition) is 1. The zero-order valence-corrected chi connectivity index (χ0v) is 14.2. The second-order valence-electron chi connectivity index (χ2n) is 4.55. The molecule has 1 amide bonds. The molecule has 5 nitrogen and oxygen atoms in total. The first-order valence-corrected chi connectivity index (χ1v) is 7.75. The Balaban J connectivity index is 0.00000211. The fourth-order valence-corrected chi connectivity index (χ4v) is 2.00. The first-order chi connectivity index (χ1) is 10.5. The van der Waals surface area contributed by atoms with E-state index in [0.717, 1.165) is 12.8 Å². The summed E-state index contributed by atoms with van der Waals surface area (Å²) in [4.78, 5) is 25.3. The van der Waals surface area contributed by atoms with Gasteiger partial charge in [-0.1, -0.05) is 27.7 Å². The predicted octanol–water partition coefficient (Wildman–Crippen LogP) is 3.68. The standard InChI is InChI=1S/C15H21NO4.C2H6/c1-4-6-16(7-5-2)14(17)11-8-12(15(18)19)10-13(9-11)20-3;1-2/h8-10H,4-7H2,1-3H3,(H,18,19);1-2H3. The fourth-order valence-electron chi connectivity index (χ4n) is 2.00. The summed E-state index contributed by atoms with van der Waals surface area (Å²) < 4.78 is 5.06. The Kier molecular flexibility index (Phi) is 9.67. The molecule has 0 unspecified atom stereocenters. The molecule has 0 heterocycles. The van der Waals surface area contributed by atoms with Gasteiger partial charge in [0, 0.05) is 18.7 Å². The van der Waals surface area contributed by atoms with Crippen molar-refractivity contribution < 1.29 is 19.4 Å². The Morgan fingerprint density at radius 2 is 1.55 bits per heavy atom. The van der Waals surface area contributed by atoms with Crippen LogP contribution in [0.3, 0.4) is 0 Å². The SMILES string of the molecule is CC.CCCN(CCC)C(=O)c1cc(OC)cc(C(=O)O)c1. The molecule has 0 aliphatic carbocycles. The van der Waals surface area contributed by atoms with E-state index in [-0.39, 0.29) is 11.5 Å². The first kappa shape index (κ1) is 20.0. The third-order valence-corrected chi connectivity index (χ3v) is 2.91. The van der Waals surface area contributed by atoms with Gasteiger partial charge >= 0.3 is 5.97 Å². The van der Waals surface area contributed by atoms with E-state index in [1.807, 2.05) is 27.7 Å². The number of nitrogens with zero attached hydrogens (tertiary/aromatic N) is 1. The summed E-state index contributed by atoms with van der Waals surface area (Å²) in [6, 6.07) is 4.38. The van der Waals surface area contributed by atoms with E-state index in [1.54, 1.807) is 11.0 Å². The van der Waals surface area contributed by atoms with Crippen molar-refractivity contribution >= 4 is 11.9 Å². The van der Waals surface area contributed by atoms with E-state index < -0.39 is 5.97 Å². The molecule has 0 bridgehead atoms. The van der Waals surface area contributed by atoms with Crippen LogP contribution >= 0.6 is 0 Å². The number of rotatable bonds is 7. The van der Waals surface area contributed by atoms with Gasteiger partial charge in [0.1, 0.15) is 5.75 Å². The Morgan fingerprint density at radius 3 is 1.95 bits per heavy atom. The molecule has 0 atom stereocenters. The minimum absolute atomic E-state index is 0.0562. The summed E-state index contributed by atoms with van der Waals surface area (Å²) in [6.07, 6.45) is 1.73. The Labute approximate surface area is 132 Å². The Morgan fingerprint density at radius 1 is 1.05 bits per heavy atom. The number of benzene rings is 1. The molecule has 0 saturated carbocycles. The average molecular weight is 309 g/mol. The number of carboxylic acids is 1. The second kappa shape index (κ2) is 10.7. The van der Waals surface area contributed by atoms with Crippen LogP contribution in [0.15, 0.2) is 18.2 Å². The Bertz CT molecular complexity index is 480. The van der Waals surface area contributed by atoms with E-state index in [4.69, 9.17) is 9.84 Å². The first-order valence-electron chi connectivity index (χ1n) is 7.75. The largest absolute Gasteiger partial charge is 0.497 e. The van der Waals surface area contributed by atoms with Gasteiger partial charge in [-0.25, -0.2) is 4.79 Å². The summed E-state index contributed by atoms with van der Waals surface area (Å²) in [6.45, 7) is 9.33. The van der Waals surface area contributed by atoms with Gasteiger partial charge in [0.05, 0.1) is 12.7 Å². The van der Waals surface area contributed by atoms with Crippen molar-refractivity contribution in [2.24, 2.45) is 0 Å². The van der Waals surface area contributed by atoms with Crippen molar-refractivity contribution in [1.82, 2.24) is 4.90 Å². The van der Waals surface area contributed by atoms with Gasteiger partial charge in [-0.3, -0.25) is 4.79 Å². The maximum Gasteiger partial charge on any atom is 0.335 e. The molecule has 124 valence electrons. The third-order valence-electron chi connectivity index (χ3n) is 2.91. The van der Waals surface area contributed by atoms with Gasteiger partial charge in [-0.15, -0.1) is 0 Å². The number of methoxy groups -OCH3 is 1. The van der Waals surface area contributed by atoms with Crippen LogP contribution in [0.4, 0.5) is 0 Å². The molecular weight excluding hydrogens is 282 g/mol. The topological polar surface area (TPSA) is 66.8 Å². The summed E-state index contributed by atoms with van der Waals surface area (Å²) in [5.41, 5.74) is 0.407. The molecule has 1 N–H and O–H groups in total. The molecular formula is C17H27NO4. The minimum Gasteiger partial charge on any atom is -0.497 e. The number of ether oxygens (including phenoxy) is 1. The van der Waals surface area contributed by atoms with Crippen LogP contribution in [0.5, 0.6) is 5.75 Å². The van der Waals surface area contributed by atoms with Gasteiger partial charge in [-0.2, -0.15) is 0 Å². The van der Waals surface area contributed by atoms with E-state index >= 15 is 0 Å². The molecule has 0 aliphatic heterocycles. The molecule has 0 saturated heterocycles. The van der Waals surface area contributed by atoms with Gasteiger partial charge in [-0.05, 0) is 31.0 Å². The van der Waals surface area contributed by atoms with E-state index in [9.17, 15) is 9.59 Å². The highest BCUT2D eigenvalue weighted by molar-refractivity contribution is 5.98. The van der Waals surface area contributed by atoms with Crippen molar-refractivity contribution in [2.75, 3.05) is 20.2 Å². The van der Waals surface area contributed by atoms with Crippen LogP contribution in [-0.4, -0.2) is 42.1 Å². The lowest BCUT2D eigenvalue weighted by Gasteiger charge is -2.22. The van der Waals surface area contributed by atoms with E-state index in [1.165, 1.54) is 19.2 Å². The lowest BCUT2D eigenvalue weighted by Crippen LogP contribution is -2.32. The molecule has 1 rings (SSSR count). The lowest BCUT2D eigenvalue weighted by atomic mass is 10.1. The zero-order chi connectivity index (χ0) is 17.1. The van der Waals surface area contributed by atoms with Crippen molar-refractivity contribution in [1.29, 1.82) is 0 Å². The number of hydrogen-bond acceptors (Lipinski definition) is 3. The lowest BCUT2D eigenvalue weighted by molar-refractivity contribution is 0.0696. The van der Waals surface area contributed by atoms with E-state index in [0.29, 0.717) is 24.4 Å². The number of carboxylic acid groups (broad SMARTS) is 1. The molecule has 0 aliphatic rings. The molecule has 1 aromatic rings. The van der Waals surface area contributed by atoms with Gasteiger partial charge in [0.2, 0.25) is 0 Å². The van der Waals surface area contributed by atoms with Crippen molar-refractivity contribution in [3.05, 3.63) is 29.3 Å². The van der Waals surface area contributed by atoms with E-state index in [2.05, 4.69) is 0 Å². The molecule has 0 spiro atoms. The van der Waals surface area contributed by atoms with Crippen molar-refractivity contribution in [3.63, 3.8) is 0 Å². The normalized spacial score (nSPS) is 9.50. The summed E-state index contributed by atoms with van der Waals surface area (Å²) in [5, 5.41) is 9.08. The number of amides is 1.